The van der Waals surface area contributed by atoms with Crippen LogP contribution in [0.5, 0.6) is 11.6 Å². The van der Waals surface area contributed by atoms with Gasteiger partial charge in [0.1, 0.15) is 5.75 Å². The van der Waals surface area contributed by atoms with Crippen molar-refractivity contribution in [2.75, 3.05) is 7.11 Å². The Morgan fingerprint density at radius 2 is 2.11 bits per heavy atom. The summed E-state index contributed by atoms with van der Waals surface area (Å²) >= 11 is 0. The van der Waals surface area contributed by atoms with Crippen molar-refractivity contribution >= 4 is 0 Å². The van der Waals surface area contributed by atoms with Gasteiger partial charge in [0.25, 0.3) is 0 Å². The van der Waals surface area contributed by atoms with Gasteiger partial charge >= 0.3 is 0 Å². The van der Waals surface area contributed by atoms with Gasteiger partial charge in [0.2, 0.25) is 5.88 Å². The molecule has 0 aliphatic rings. The average Bonchev–Trinajstić information content (AvgIpc) is 2.41. The van der Waals surface area contributed by atoms with Gasteiger partial charge in [-0.1, -0.05) is 6.07 Å². The van der Waals surface area contributed by atoms with Crippen LogP contribution in [0.15, 0.2) is 36.7 Å². The SMILES string of the molecule is COc1ncccc1CNCc1ccc(O)cn1. The molecule has 0 aromatic carbocycles. The lowest BCUT2D eigenvalue weighted by Gasteiger charge is -2.08. The van der Waals surface area contributed by atoms with E-state index in [4.69, 9.17) is 9.84 Å². The fraction of sp³-hybridized carbons (Fsp3) is 0.231. The van der Waals surface area contributed by atoms with Crippen LogP contribution in [0, 0.1) is 0 Å². The standard InChI is InChI=1S/C13H15N3O2/c1-18-13-10(3-2-6-15-13)7-14-8-11-4-5-12(17)9-16-11/h2-6,9,14,17H,7-8H2,1H3. The number of rotatable bonds is 5. The molecule has 0 aliphatic carbocycles. The Labute approximate surface area is 105 Å². The van der Waals surface area contributed by atoms with E-state index in [0.717, 1.165) is 11.3 Å². The fourth-order valence-corrected chi connectivity index (χ4v) is 1.59. The first-order valence-corrected chi connectivity index (χ1v) is 5.62. The molecule has 2 heterocycles. The van der Waals surface area contributed by atoms with Crippen LogP contribution in [0.3, 0.4) is 0 Å². The van der Waals surface area contributed by atoms with Crippen molar-refractivity contribution in [3.8, 4) is 11.6 Å². The van der Waals surface area contributed by atoms with Crippen LogP contribution in [0.2, 0.25) is 0 Å². The van der Waals surface area contributed by atoms with Gasteiger partial charge in [-0.25, -0.2) is 4.98 Å². The minimum Gasteiger partial charge on any atom is -0.506 e. The topological polar surface area (TPSA) is 67.3 Å². The van der Waals surface area contributed by atoms with Gasteiger partial charge < -0.3 is 15.2 Å². The van der Waals surface area contributed by atoms with Crippen LogP contribution in [0.25, 0.3) is 0 Å². The zero-order chi connectivity index (χ0) is 12.8. The summed E-state index contributed by atoms with van der Waals surface area (Å²) in [6, 6.07) is 7.24. The average molecular weight is 245 g/mol. The molecule has 2 aromatic heterocycles. The molecule has 0 aliphatic heterocycles. The van der Waals surface area contributed by atoms with Crippen molar-refractivity contribution in [2.24, 2.45) is 0 Å². The molecule has 0 saturated heterocycles. The molecule has 0 bridgehead atoms. The Kier molecular flexibility index (Phi) is 4.09. The summed E-state index contributed by atoms with van der Waals surface area (Å²) in [5.74, 6) is 0.802. The monoisotopic (exact) mass is 245 g/mol. The van der Waals surface area contributed by atoms with Crippen LogP contribution in [0.1, 0.15) is 11.3 Å². The largest absolute Gasteiger partial charge is 0.506 e. The summed E-state index contributed by atoms with van der Waals surface area (Å²) in [4.78, 5) is 8.22. The maximum atomic E-state index is 9.12. The Hall–Kier alpha value is -2.14. The van der Waals surface area contributed by atoms with Crippen molar-refractivity contribution in [3.63, 3.8) is 0 Å². The van der Waals surface area contributed by atoms with E-state index in [2.05, 4.69) is 15.3 Å². The number of methoxy groups -OCH3 is 1. The molecule has 0 amide bonds. The van der Waals surface area contributed by atoms with Crippen LogP contribution >= 0.6 is 0 Å². The number of ether oxygens (including phenoxy) is 1. The second-order valence-electron chi connectivity index (χ2n) is 3.78. The minimum absolute atomic E-state index is 0.174. The number of hydrogen-bond acceptors (Lipinski definition) is 5. The number of nitrogens with zero attached hydrogens (tertiary/aromatic N) is 2. The first kappa shape index (κ1) is 12.3. The first-order valence-electron chi connectivity index (χ1n) is 5.62. The van der Waals surface area contributed by atoms with Gasteiger partial charge in [-0.15, -0.1) is 0 Å². The Morgan fingerprint density at radius 1 is 1.22 bits per heavy atom. The highest BCUT2D eigenvalue weighted by Crippen LogP contribution is 2.13. The number of aromatic hydroxyl groups is 1. The third-order valence-corrected chi connectivity index (χ3v) is 2.47. The van der Waals surface area contributed by atoms with Crippen LogP contribution in [-0.2, 0) is 13.1 Å². The molecule has 2 N–H and O–H groups in total. The lowest BCUT2D eigenvalue weighted by atomic mass is 10.2. The zero-order valence-electron chi connectivity index (χ0n) is 10.1. The molecule has 2 rings (SSSR count). The van der Waals surface area contributed by atoms with Crippen LogP contribution in [0.4, 0.5) is 0 Å². The third kappa shape index (κ3) is 3.18. The van der Waals surface area contributed by atoms with Gasteiger partial charge in [0.15, 0.2) is 0 Å². The highest BCUT2D eigenvalue weighted by molar-refractivity contribution is 5.25. The zero-order valence-corrected chi connectivity index (χ0v) is 10.1. The van der Waals surface area contributed by atoms with E-state index >= 15 is 0 Å². The smallest absolute Gasteiger partial charge is 0.217 e. The Morgan fingerprint density at radius 3 is 2.83 bits per heavy atom. The van der Waals surface area contributed by atoms with E-state index in [-0.39, 0.29) is 5.75 Å². The molecular formula is C13H15N3O2. The lowest BCUT2D eigenvalue weighted by molar-refractivity contribution is 0.390. The second kappa shape index (κ2) is 5.97. The van der Waals surface area contributed by atoms with Crippen LogP contribution < -0.4 is 10.1 Å². The third-order valence-electron chi connectivity index (χ3n) is 2.47. The summed E-state index contributed by atoms with van der Waals surface area (Å²) in [6.45, 7) is 1.28. The molecule has 18 heavy (non-hydrogen) atoms. The summed E-state index contributed by atoms with van der Waals surface area (Å²) in [5.41, 5.74) is 1.87. The summed E-state index contributed by atoms with van der Waals surface area (Å²) in [5, 5.41) is 12.4. The van der Waals surface area contributed by atoms with E-state index in [0.29, 0.717) is 19.0 Å². The molecule has 0 saturated carbocycles. The van der Waals surface area contributed by atoms with Crippen molar-refractivity contribution in [1.29, 1.82) is 0 Å². The summed E-state index contributed by atoms with van der Waals surface area (Å²) < 4.78 is 5.16. The van der Waals surface area contributed by atoms with Gasteiger partial charge in [0, 0.05) is 24.8 Å². The molecule has 2 aromatic rings. The highest BCUT2D eigenvalue weighted by Gasteiger charge is 2.02. The van der Waals surface area contributed by atoms with E-state index < -0.39 is 0 Å². The van der Waals surface area contributed by atoms with Gasteiger partial charge in [-0.3, -0.25) is 4.98 Å². The molecule has 0 unspecified atom stereocenters. The molecule has 0 fully saturated rings. The normalized spacial score (nSPS) is 10.3. The molecule has 5 nitrogen and oxygen atoms in total. The molecular weight excluding hydrogens is 230 g/mol. The van der Waals surface area contributed by atoms with Crippen LogP contribution in [-0.4, -0.2) is 22.2 Å². The van der Waals surface area contributed by atoms with E-state index in [1.54, 1.807) is 25.4 Å². The summed E-state index contributed by atoms with van der Waals surface area (Å²) in [7, 11) is 1.60. The van der Waals surface area contributed by atoms with Crippen molar-refractivity contribution < 1.29 is 9.84 Å². The van der Waals surface area contributed by atoms with E-state index in [9.17, 15) is 0 Å². The number of pyridine rings is 2. The number of aromatic nitrogens is 2. The molecule has 0 radical (unpaired) electrons. The van der Waals surface area contributed by atoms with E-state index in [1.807, 2.05) is 12.1 Å². The predicted octanol–water partition coefficient (Wildman–Crippen LogP) is 1.48. The van der Waals surface area contributed by atoms with Gasteiger partial charge in [-0.05, 0) is 18.2 Å². The predicted molar refractivity (Wildman–Crippen MR) is 67.2 cm³/mol. The lowest BCUT2D eigenvalue weighted by Crippen LogP contribution is -2.14. The molecule has 5 heteroatoms. The van der Waals surface area contributed by atoms with Gasteiger partial charge in [0.05, 0.1) is 19.0 Å². The highest BCUT2D eigenvalue weighted by atomic mass is 16.5. The van der Waals surface area contributed by atoms with Crippen molar-refractivity contribution in [2.45, 2.75) is 13.1 Å². The fourth-order valence-electron chi connectivity index (χ4n) is 1.59. The molecule has 94 valence electrons. The Balaban J connectivity index is 1.90. The van der Waals surface area contributed by atoms with Gasteiger partial charge in [-0.2, -0.15) is 0 Å². The molecule has 0 atom stereocenters. The summed E-state index contributed by atoms with van der Waals surface area (Å²) in [6.07, 6.45) is 3.13. The van der Waals surface area contributed by atoms with Crippen molar-refractivity contribution in [3.05, 3.63) is 47.9 Å². The second-order valence-corrected chi connectivity index (χ2v) is 3.78. The minimum atomic E-state index is 0.174. The van der Waals surface area contributed by atoms with E-state index in [1.165, 1.54) is 6.20 Å². The van der Waals surface area contributed by atoms with Crippen molar-refractivity contribution in [1.82, 2.24) is 15.3 Å². The quantitative estimate of drug-likeness (QED) is 0.835. The first-order chi connectivity index (χ1) is 8.79. The number of nitrogens with one attached hydrogen (secondary N) is 1. The maximum absolute atomic E-state index is 9.12. The Bertz CT molecular complexity index is 500. The molecule has 0 spiro atoms. The maximum Gasteiger partial charge on any atom is 0.217 e. The number of hydrogen-bond donors (Lipinski definition) is 2.